The van der Waals surface area contributed by atoms with Crippen LogP contribution in [0.5, 0.6) is 0 Å². The van der Waals surface area contributed by atoms with Gasteiger partial charge in [-0.2, -0.15) is 8.78 Å². The Balaban J connectivity index is 4.61. The Kier molecular flexibility index (Phi) is 5.52. The molecule has 0 fully saturated rings. The van der Waals surface area contributed by atoms with E-state index in [0.717, 1.165) is 11.8 Å². The topological polar surface area (TPSA) is 49.3 Å². The quantitative estimate of drug-likeness (QED) is 0.410. The van der Waals surface area contributed by atoms with Crippen LogP contribution >= 0.6 is 0 Å². The molecule has 0 aliphatic rings. The summed E-state index contributed by atoms with van der Waals surface area (Å²) in [6.07, 6.45) is 2.84. The number of nitrogens with one attached hydrogen (secondary N) is 1. The van der Waals surface area contributed by atoms with Crippen molar-refractivity contribution in [3.05, 3.63) is 23.4 Å². The summed E-state index contributed by atoms with van der Waals surface area (Å²) in [6, 6.07) is 0. The zero-order valence-electron chi connectivity index (χ0n) is 8.05. The van der Waals surface area contributed by atoms with E-state index in [1.807, 2.05) is 6.92 Å². The van der Waals surface area contributed by atoms with Crippen molar-refractivity contribution in [2.24, 2.45) is 0 Å². The minimum absolute atomic E-state index is 0.176. The van der Waals surface area contributed by atoms with Gasteiger partial charge < -0.3 is 10.4 Å². The SMILES string of the molecule is CC/C(C)=C\C(=C/NC(F)F)C(=O)O. The van der Waals surface area contributed by atoms with E-state index in [4.69, 9.17) is 5.11 Å². The molecule has 0 aliphatic carbocycles. The maximum atomic E-state index is 11.7. The minimum Gasteiger partial charge on any atom is -0.478 e. The predicted molar refractivity (Wildman–Crippen MR) is 48.9 cm³/mol. The van der Waals surface area contributed by atoms with Crippen LogP contribution in [-0.2, 0) is 4.79 Å². The molecule has 14 heavy (non-hydrogen) atoms. The first kappa shape index (κ1) is 12.6. The van der Waals surface area contributed by atoms with E-state index in [9.17, 15) is 13.6 Å². The second kappa shape index (κ2) is 6.12. The van der Waals surface area contributed by atoms with E-state index in [1.165, 1.54) is 6.08 Å². The summed E-state index contributed by atoms with van der Waals surface area (Å²) in [5.74, 6) is -1.23. The van der Waals surface area contributed by atoms with Crippen molar-refractivity contribution in [3.63, 3.8) is 0 Å². The third-order valence-corrected chi connectivity index (χ3v) is 1.57. The lowest BCUT2D eigenvalue weighted by molar-refractivity contribution is -0.132. The van der Waals surface area contributed by atoms with Gasteiger partial charge in [-0.25, -0.2) is 4.79 Å². The molecule has 2 N–H and O–H groups in total. The molecule has 0 amide bonds. The molecule has 0 saturated heterocycles. The van der Waals surface area contributed by atoms with Crippen molar-refractivity contribution in [1.29, 1.82) is 0 Å². The lowest BCUT2D eigenvalue weighted by Crippen LogP contribution is -2.15. The van der Waals surface area contributed by atoms with E-state index in [0.29, 0.717) is 6.42 Å². The third-order valence-electron chi connectivity index (χ3n) is 1.57. The summed E-state index contributed by atoms with van der Waals surface area (Å²) < 4.78 is 23.4. The minimum atomic E-state index is -2.75. The Morgan fingerprint density at radius 2 is 2.14 bits per heavy atom. The van der Waals surface area contributed by atoms with Crippen molar-refractivity contribution in [2.75, 3.05) is 0 Å². The summed E-state index contributed by atoms with van der Waals surface area (Å²) in [5, 5.41) is 10.3. The molecule has 80 valence electrons. The molecule has 0 atom stereocenters. The lowest BCUT2D eigenvalue weighted by Gasteiger charge is -2.01. The number of halogens is 2. The molecule has 0 saturated carbocycles. The van der Waals surface area contributed by atoms with Gasteiger partial charge in [0.25, 0.3) is 0 Å². The number of hydrogen-bond acceptors (Lipinski definition) is 2. The molecule has 3 nitrogen and oxygen atoms in total. The fourth-order valence-corrected chi connectivity index (χ4v) is 0.685. The summed E-state index contributed by atoms with van der Waals surface area (Å²) >= 11 is 0. The van der Waals surface area contributed by atoms with Gasteiger partial charge >= 0.3 is 12.5 Å². The molecular weight excluding hydrogens is 192 g/mol. The molecular formula is C9H13F2NO2. The molecule has 0 aromatic carbocycles. The first-order valence-corrected chi connectivity index (χ1v) is 4.12. The molecule has 0 spiro atoms. The average Bonchev–Trinajstić information content (AvgIpc) is 2.10. The van der Waals surface area contributed by atoms with Gasteiger partial charge in [0.05, 0.1) is 5.57 Å². The number of rotatable bonds is 5. The first-order chi connectivity index (χ1) is 6.47. The molecule has 0 aromatic rings. The summed E-state index contributed by atoms with van der Waals surface area (Å²) in [6.45, 7) is 0.838. The fourth-order valence-electron chi connectivity index (χ4n) is 0.685. The highest BCUT2D eigenvalue weighted by molar-refractivity contribution is 5.89. The smallest absolute Gasteiger partial charge is 0.337 e. The number of carboxylic acids is 1. The van der Waals surface area contributed by atoms with E-state index in [1.54, 1.807) is 12.2 Å². The molecule has 0 aromatic heterocycles. The zero-order chi connectivity index (χ0) is 11.1. The van der Waals surface area contributed by atoms with Crippen molar-refractivity contribution < 1.29 is 18.7 Å². The molecule has 0 heterocycles. The van der Waals surface area contributed by atoms with Crippen LogP contribution in [0.1, 0.15) is 20.3 Å². The van der Waals surface area contributed by atoms with Crippen molar-refractivity contribution in [3.8, 4) is 0 Å². The van der Waals surface area contributed by atoms with Gasteiger partial charge in [-0.3, -0.25) is 0 Å². The van der Waals surface area contributed by atoms with Crippen LogP contribution in [0.2, 0.25) is 0 Å². The monoisotopic (exact) mass is 205 g/mol. The van der Waals surface area contributed by atoms with Crippen LogP contribution in [0, 0.1) is 0 Å². The molecule has 0 rings (SSSR count). The standard InChI is InChI=1S/C9H13F2NO2/c1-3-6(2)4-7(8(13)14)5-12-9(10)11/h4-5,9,12H,3H2,1-2H3,(H,13,14)/b6-4-,7-5+. The normalized spacial score (nSPS) is 13.2. The van der Waals surface area contributed by atoms with Crippen LogP contribution in [0.4, 0.5) is 8.78 Å². The van der Waals surface area contributed by atoms with Gasteiger partial charge in [0.1, 0.15) is 0 Å². The molecule has 0 radical (unpaired) electrons. The highest BCUT2D eigenvalue weighted by Gasteiger charge is 2.05. The number of alkyl halides is 2. The maximum absolute atomic E-state index is 11.7. The Hall–Kier alpha value is -1.39. The summed E-state index contributed by atoms with van der Waals surface area (Å²) in [4.78, 5) is 10.6. The van der Waals surface area contributed by atoms with E-state index in [-0.39, 0.29) is 5.57 Å². The number of carbonyl (C=O) groups is 1. The van der Waals surface area contributed by atoms with Gasteiger partial charge in [-0.1, -0.05) is 12.5 Å². The van der Waals surface area contributed by atoms with Crippen LogP contribution in [0.25, 0.3) is 0 Å². The van der Waals surface area contributed by atoms with E-state index in [2.05, 4.69) is 0 Å². The Labute approximate surface area is 81.1 Å². The zero-order valence-corrected chi connectivity index (χ0v) is 8.05. The Bertz CT molecular complexity index is 260. The molecule has 0 bridgehead atoms. The second-order valence-electron chi connectivity index (χ2n) is 2.72. The van der Waals surface area contributed by atoms with Crippen LogP contribution in [0.3, 0.4) is 0 Å². The fraction of sp³-hybridized carbons (Fsp3) is 0.444. The Morgan fingerprint density at radius 3 is 2.50 bits per heavy atom. The van der Waals surface area contributed by atoms with E-state index >= 15 is 0 Å². The number of hydrogen-bond donors (Lipinski definition) is 2. The highest BCUT2D eigenvalue weighted by atomic mass is 19.3. The largest absolute Gasteiger partial charge is 0.478 e. The number of allylic oxidation sites excluding steroid dienone is 1. The van der Waals surface area contributed by atoms with Gasteiger partial charge in [0, 0.05) is 6.20 Å². The molecule has 0 unspecified atom stereocenters. The third kappa shape index (κ3) is 5.29. The predicted octanol–water partition coefficient (Wildman–Crippen LogP) is 2.12. The van der Waals surface area contributed by atoms with Gasteiger partial charge in [-0.15, -0.1) is 0 Å². The first-order valence-electron chi connectivity index (χ1n) is 4.12. The van der Waals surface area contributed by atoms with E-state index < -0.39 is 12.5 Å². The van der Waals surface area contributed by atoms with Crippen molar-refractivity contribution in [1.82, 2.24) is 5.32 Å². The van der Waals surface area contributed by atoms with Gasteiger partial charge in [-0.05, 0) is 19.4 Å². The molecule has 5 heteroatoms. The Morgan fingerprint density at radius 1 is 1.57 bits per heavy atom. The average molecular weight is 205 g/mol. The van der Waals surface area contributed by atoms with Crippen LogP contribution in [0.15, 0.2) is 23.4 Å². The van der Waals surface area contributed by atoms with Crippen LogP contribution in [-0.4, -0.2) is 17.6 Å². The maximum Gasteiger partial charge on any atom is 0.337 e. The van der Waals surface area contributed by atoms with Crippen LogP contribution < -0.4 is 5.32 Å². The number of carboxylic acid groups (broad SMARTS) is 1. The van der Waals surface area contributed by atoms with Gasteiger partial charge in [0.2, 0.25) is 0 Å². The second-order valence-corrected chi connectivity index (χ2v) is 2.72. The lowest BCUT2D eigenvalue weighted by atomic mass is 10.1. The number of aliphatic carboxylic acids is 1. The summed E-state index contributed by atoms with van der Waals surface area (Å²) in [7, 11) is 0. The van der Waals surface area contributed by atoms with Gasteiger partial charge in [0.15, 0.2) is 0 Å². The highest BCUT2D eigenvalue weighted by Crippen LogP contribution is 2.05. The summed E-state index contributed by atoms with van der Waals surface area (Å²) in [5.41, 5.74) is 0.638. The van der Waals surface area contributed by atoms with Crippen molar-refractivity contribution >= 4 is 5.97 Å². The van der Waals surface area contributed by atoms with Crippen molar-refractivity contribution in [2.45, 2.75) is 26.8 Å². The molecule has 0 aliphatic heterocycles.